The predicted octanol–water partition coefficient (Wildman–Crippen LogP) is 0.111. The van der Waals surface area contributed by atoms with E-state index in [0.29, 0.717) is 0 Å². The molecule has 3 radical (unpaired) electrons. The van der Waals surface area contributed by atoms with Crippen LogP contribution in [0.25, 0.3) is 0 Å². The third kappa shape index (κ3) is 40.6. The van der Waals surface area contributed by atoms with Crippen LogP contribution < -0.4 is 5.73 Å². The monoisotopic (exact) mass is 640 g/mol. The average molecular weight is 639 g/mol. The van der Waals surface area contributed by atoms with Gasteiger partial charge < -0.3 is 5.73 Å². The van der Waals surface area contributed by atoms with Crippen molar-refractivity contribution < 1.29 is 4.79 Å². The Hall–Kier alpha value is 3.90. The third-order valence-corrected chi connectivity index (χ3v) is 0. The predicted molar refractivity (Wildman–Crippen MR) is 49.8 cm³/mol. The molecule has 0 aliphatic rings. The molecule has 0 aromatic carbocycles. The first-order valence-electron chi connectivity index (χ1n) is 0.947. The van der Waals surface area contributed by atoms with Crippen LogP contribution >= 0.6 is 35.5 Å². The molecule has 0 rings (SSSR count). The van der Waals surface area contributed by atoms with E-state index in [1.165, 1.54) is 0 Å². The van der Waals surface area contributed by atoms with Crippen molar-refractivity contribution in [2.24, 2.45) is 5.73 Å². The molecule has 37 valence electrons. The van der Waals surface area contributed by atoms with E-state index in [4.69, 9.17) is 4.79 Å². The second-order valence-corrected chi connectivity index (χ2v) is 28.3. The van der Waals surface area contributed by atoms with Gasteiger partial charge in [-0.2, -0.15) is 0 Å². The molecule has 0 saturated carbocycles. The van der Waals surface area contributed by atoms with Crippen LogP contribution in [0, 0.1) is 0 Å². The molecule has 0 bridgehead atoms. The summed E-state index contributed by atoms with van der Waals surface area (Å²) in [5.41, 5.74) is 4.17. The van der Waals surface area contributed by atoms with Gasteiger partial charge in [-0.25, -0.2) is 0 Å². The number of halogens is 2. The number of carbonyl (C=O) groups excluding carboxylic acids is 1. The Labute approximate surface area is 132 Å². The molecule has 0 saturated heterocycles. The Balaban J connectivity index is -0.0000000400. The zero-order chi connectivity index (χ0) is 5.41. The fraction of sp³-hybridized carbons (Fsp3) is 0. The molecule has 7 heavy (non-hydrogen) atoms. The topological polar surface area (TPSA) is 43.1 Å². The first-order chi connectivity index (χ1) is 2.83. The van der Waals surface area contributed by atoms with Gasteiger partial charge in [0.05, 0.1) is 0 Å². The number of hydrogen-bond acceptors (Lipinski definition) is 1. The zero-order valence-corrected chi connectivity index (χ0v) is 18.3. The summed E-state index contributed by atoms with van der Waals surface area (Å²) < 4.78 is 0. The van der Waals surface area contributed by atoms with Gasteiger partial charge in [0.2, 0.25) is 6.41 Å². The Morgan fingerprint density at radius 1 is 1.57 bits per heavy atom. The normalized spacial score (nSPS) is 4.29. The molecule has 0 aliphatic carbocycles. The molecule has 0 spiro atoms. The molecule has 0 atom stereocenters. The summed E-state index contributed by atoms with van der Waals surface area (Å²) in [7, 11) is 0. The Kier molecular flexibility index (Phi) is 55.1. The van der Waals surface area contributed by atoms with E-state index >= 15 is 0 Å². The average Bonchev–Trinajstić information content (AvgIpc) is 1.39. The van der Waals surface area contributed by atoms with Crippen molar-refractivity contribution in [2.45, 2.75) is 0 Å². The third-order valence-electron chi connectivity index (χ3n) is 0. The van der Waals surface area contributed by atoms with Gasteiger partial charge >= 0.3 is 51.2 Å². The molecular weight excluding hydrogens is 636 g/mol. The van der Waals surface area contributed by atoms with Crippen LogP contribution in [0.1, 0.15) is 0 Å². The number of nitrogens with two attached hydrogens (primary N) is 1. The van der Waals surface area contributed by atoms with Crippen LogP contribution in [0.3, 0.4) is 0 Å². The van der Waals surface area contributed by atoms with E-state index in [1.807, 2.05) is 0 Å². The fourth-order valence-electron chi connectivity index (χ4n) is 0. The Morgan fingerprint density at radius 3 is 1.57 bits per heavy atom. The molecule has 0 aliphatic heterocycles. The van der Waals surface area contributed by atoms with Gasteiger partial charge in [0.1, 0.15) is 0 Å². The fourth-order valence-corrected chi connectivity index (χ4v) is 0. The first kappa shape index (κ1) is 17.1. The van der Waals surface area contributed by atoms with Gasteiger partial charge in [-0.05, 0) is 0 Å². The van der Waals surface area contributed by atoms with Crippen molar-refractivity contribution in [3.63, 3.8) is 0 Å². The van der Waals surface area contributed by atoms with Gasteiger partial charge in [-0.1, -0.05) is 0 Å². The van der Waals surface area contributed by atoms with Crippen LogP contribution in [0.15, 0.2) is 0 Å². The molecular formula is CH3CsI2NOPb. The maximum absolute atomic E-state index is 8.58. The van der Waals surface area contributed by atoms with Crippen molar-refractivity contribution in [1.82, 2.24) is 0 Å². The molecule has 0 heterocycles. The molecule has 0 fully saturated rings. The summed E-state index contributed by atoms with van der Waals surface area (Å²) >= 11 is 4.96. The summed E-state index contributed by atoms with van der Waals surface area (Å²) in [6.45, 7) is 0. The van der Waals surface area contributed by atoms with Gasteiger partial charge in [0.15, 0.2) is 0 Å². The minimum atomic E-state index is 0. The van der Waals surface area contributed by atoms with Gasteiger partial charge in [0, 0.05) is 68.9 Å². The van der Waals surface area contributed by atoms with Crippen LogP contribution in [-0.2, 0) is 4.79 Å². The summed E-state index contributed by atoms with van der Waals surface area (Å²) in [6.07, 6.45) is 0.250. The van der Waals surface area contributed by atoms with E-state index in [-0.39, 0.29) is 91.0 Å². The summed E-state index contributed by atoms with van der Waals surface area (Å²) in [4.78, 5) is 8.58. The molecule has 0 aromatic heterocycles. The van der Waals surface area contributed by atoms with Crippen molar-refractivity contribution in [3.8, 4) is 0 Å². The van der Waals surface area contributed by atoms with Crippen molar-refractivity contribution in [1.29, 1.82) is 0 Å². The summed E-state index contributed by atoms with van der Waals surface area (Å²) in [5, 5.41) is 0. The first-order valence-corrected chi connectivity index (χ1v) is 22.8. The van der Waals surface area contributed by atoms with Crippen molar-refractivity contribution in [2.75, 3.05) is 0 Å². The van der Waals surface area contributed by atoms with Gasteiger partial charge in [-0.15, -0.1) is 0 Å². The number of rotatable bonds is 0. The van der Waals surface area contributed by atoms with Gasteiger partial charge in [-0.3, -0.25) is 4.79 Å². The molecule has 2 nitrogen and oxygen atoms in total. The molecule has 6 heteroatoms. The summed E-state index contributed by atoms with van der Waals surface area (Å²) in [6, 6.07) is 0. The van der Waals surface area contributed by atoms with E-state index in [1.54, 1.807) is 0 Å². The standard InChI is InChI=1S/CH3NO.Cs.2HI.Pb/c2-1-3;;;;/h1H,(H2,2,3);;2*1H;/q;;;;+2/p-2. The van der Waals surface area contributed by atoms with E-state index in [0.717, 1.165) is 0 Å². The van der Waals surface area contributed by atoms with Crippen molar-refractivity contribution >= 4 is 126 Å². The van der Waals surface area contributed by atoms with Crippen LogP contribution in [0.4, 0.5) is 0 Å². The Bertz CT molecular complexity index is 31.7. The van der Waals surface area contributed by atoms with E-state index in [9.17, 15) is 0 Å². The van der Waals surface area contributed by atoms with E-state index in [2.05, 4.69) is 41.3 Å². The van der Waals surface area contributed by atoms with E-state index < -0.39 is 0 Å². The Morgan fingerprint density at radius 2 is 1.57 bits per heavy atom. The van der Waals surface area contributed by atoms with Crippen LogP contribution in [0.2, 0.25) is 0 Å². The van der Waals surface area contributed by atoms with Crippen molar-refractivity contribution in [3.05, 3.63) is 0 Å². The maximum atomic E-state index is 8.58. The molecule has 0 aromatic rings. The number of amides is 1. The quantitative estimate of drug-likeness (QED) is 0.229. The SMILES string of the molecule is NC=O.[Cs].[I][Pb][I]. The second-order valence-electron chi connectivity index (χ2n) is 0.208. The van der Waals surface area contributed by atoms with Crippen LogP contribution in [-0.4, -0.2) is 91.0 Å². The number of carbonyl (C=O) groups is 1. The molecule has 0 unspecified atom stereocenters. The van der Waals surface area contributed by atoms with Gasteiger partial charge in [0.25, 0.3) is 0 Å². The number of hydrogen-bond donors (Lipinski definition) is 1. The zero-order valence-electron chi connectivity index (χ0n) is 3.82. The van der Waals surface area contributed by atoms with Crippen LogP contribution in [0.5, 0.6) is 0 Å². The second kappa shape index (κ2) is 22.5. The minimum absolute atomic E-state index is 0. The molecule has 2 N–H and O–H groups in total. The summed E-state index contributed by atoms with van der Waals surface area (Å²) in [5.74, 6) is 0. The number of primary amides is 1. The molecule has 1 amide bonds.